The second kappa shape index (κ2) is 11.1. The van der Waals surface area contributed by atoms with Crippen molar-refractivity contribution in [1.29, 1.82) is 0 Å². The topological polar surface area (TPSA) is 44.9 Å². The molecule has 45 heavy (non-hydrogen) atoms. The predicted octanol–water partition coefficient (Wildman–Crippen LogP) is 10.3. The Kier molecular flexibility index (Phi) is 7.04. The molecule has 3 heterocycles. The minimum absolute atomic E-state index is 0.0845. The number of pyridine rings is 1. The molecule has 7 rings (SSSR count). The number of hydrogen-bond acceptors (Lipinski definition) is 3. The van der Waals surface area contributed by atoms with Crippen LogP contribution in [-0.4, -0.2) is 19.3 Å². The summed E-state index contributed by atoms with van der Waals surface area (Å²) in [5, 5.41) is 7.36. The molecule has 0 atom stereocenters. The van der Waals surface area contributed by atoms with E-state index in [9.17, 15) is 0 Å². The van der Waals surface area contributed by atoms with Gasteiger partial charge in [0.2, 0.25) is 0 Å². The minimum Gasteiger partial charge on any atom is -0.457 e. The number of aromatic nitrogens is 4. The van der Waals surface area contributed by atoms with E-state index in [0.717, 1.165) is 51.8 Å². The number of hydrogen-bond donors (Lipinski definition) is 0. The second-order valence-corrected chi connectivity index (χ2v) is 12.8. The first-order chi connectivity index (χ1) is 21.7. The van der Waals surface area contributed by atoms with Gasteiger partial charge >= 0.3 is 0 Å². The molecule has 0 spiro atoms. The molecule has 5 nitrogen and oxygen atoms in total. The fraction of sp³-hybridized carbons (Fsp3) is 0.200. The SMILES string of the molecule is CCc1ccnc(-n2c3ccccc3c3ccc(Oc4cc(-n5nc(C)c(-c6ccccc6)c5C)cc(C(C)(C)C)c4)cc32)c1. The quantitative estimate of drug-likeness (QED) is 0.194. The van der Waals surface area contributed by atoms with Crippen LogP contribution in [0.15, 0.2) is 109 Å². The Bertz CT molecular complexity index is 2180. The molecule has 224 valence electrons. The Morgan fingerprint density at radius 2 is 1.49 bits per heavy atom. The van der Waals surface area contributed by atoms with Crippen LogP contribution in [0.25, 0.3) is 44.4 Å². The van der Waals surface area contributed by atoms with Gasteiger partial charge in [0.15, 0.2) is 0 Å². The van der Waals surface area contributed by atoms with E-state index in [1.54, 1.807) is 0 Å². The number of fused-ring (bicyclic) bond motifs is 3. The van der Waals surface area contributed by atoms with Gasteiger partial charge in [-0.15, -0.1) is 0 Å². The van der Waals surface area contributed by atoms with E-state index in [1.165, 1.54) is 33.0 Å². The minimum atomic E-state index is -0.0845. The van der Waals surface area contributed by atoms with Gasteiger partial charge in [0.25, 0.3) is 0 Å². The second-order valence-electron chi connectivity index (χ2n) is 12.8. The highest BCUT2D eigenvalue weighted by Crippen LogP contribution is 2.37. The fourth-order valence-corrected chi connectivity index (χ4v) is 6.31. The summed E-state index contributed by atoms with van der Waals surface area (Å²) in [6, 6.07) is 36.1. The van der Waals surface area contributed by atoms with Crippen LogP contribution in [0.4, 0.5) is 0 Å². The zero-order valence-electron chi connectivity index (χ0n) is 26.8. The molecule has 0 radical (unpaired) electrons. The number of nitrogens with zero attached hydrogens (tertiary/aromatic N) is 4. The summed E-state index contributed by atoms with van der Waals surface area (Å²) in [6.07, 6.45) is 2.85. The van der Waals surface area contributed by atoms with E-state index in [-0.39, 0.29) is 5.41 Å². The third kappa shape index (κ3) is 5.18. The van der Waals surface area contributed by atoms with Crippen LogP contribution < -0.4 is 4.74 Å². The van der Waals surface area contributed by atoms with Crippen molar-refractivity contribution >= 4 is 21.8 Å². The number of ether oxygens (including phenoxy) is 1. The third-order valence-corrected chi connectivity index (χ3v) is 8.68. The Morgan fingerprint density at radius 1 is 0.733 bits per heavy atom. The lowest BCUT2D eigenvalue weighted by atomic mass is 9.86. The lowest BCUT2D eigenvalue weighted by Crippen LogP contribution is -2.12. The van der Waals surface area contributed by atoms with Crippen LogP contribution in [0.5, 0.6) is 11.5 Å². The molecule has 0 aliphatic heterocycles. The van der Waals surface area contributed by atoms with Crippen molar-refractivity contribution in [3.63, 3.8) is 0 Å². The first kappa shape index (κ1) is 28.6. The van der Waals surface area contributed by atoms with Gasteiger partial charge in [0.05, 0.1) is 22.4 Å². The summed E-state index contributed by atoms with van der Waals surface area (Å²) in [5.74, 6) is 2.46. The Morgan fingerprint density at radius 3 is 2.27 bits per heavy atom. The summed E-state index contributed by atoms with van der Waals surface area (Å²) in [7, 11) is 0. The highest BCUT2D eigenvalue weighted by molar-refractivity contribution is 6.09. The van der Waals surface area contributed by atoms with E-state index >= 15 is 0 Å². The Labute approximate surface area is 264 Å². The molecule has 0 saturated carbocycles. The van der Waals surface area contributed by atoms with Crippen molar-refractivity contribution < 1.29 is 4.74 Å². The van der Waals surface area contributed by atoms with E-state index in [2.05, 4.69) is 143 Å². The monoisotopic (exact) mass is 590 g/mol. The van der Waals surface area contributed by atoms with Crippen molar-refractivity contribution in [2.24, 2.45) is 0 Å². The first-order valence-electron chi connectivity index (χ1n) is 15.6. The molecule has 0 unspecified atom stereocenters. The molecular weight excluding hydrogens is 552 g/mol. The molecular formula is C40H38N4O. The molecule has 7 aromatic rings. The largest absolute Gasteiger partial charge is 0.457 e. The molecule has 5 heteroatoms. The lowest BCUT2D eigenvalue weighted by molar-refractivity contribution is 0.478. The number of rotatable bonds is 6. The maximum Gasteiger partial charge on any atom is 0.137 e. The summed E-state index contributed by atoms with van der Waals surface area (Å²) < 4.78 is 11.0. The van der Waals surface area contributed by atoms with Crippen LogP contribution in [0.2, 0.25) is 0 Å². The summed E-state index contributed by atoms with van der Waals surface area (Å²) >= 11 is 0. The highest BCUT2D eigenvalue weighted by atomic mass is 16.5. The van der Waals surface area contributed by atoms with Gasteiger partial charge in [0.1, 0.15) is 17.3 Å². The van der Waals surface area contributed by atoms with Gasteiger partial charge in [-0.3, -0.25) is 4.57 Å². The summed E-state index contributed by atoms with van der Waals surface area (Å²) in [5.41, 5.74) is 9.96. The average molecular weight is 591 g/mol. The molecule has 0 fully saturated rings. The standard InChI is InChI=1S/C40H38N4O/c1-7-28-19-20-41-38(21-28)43-36-16-12-11-15-34(36)35-18-17-32(25-37(35)43)45-33-23-30(40(4,5)6)22-31(24-33)44-27(3)39(26(2)42-44)29-13-9-8-10-14-29/h8-25H,7H2,1-6H3. The van der Waals surface area contributed by atoms with E-state index in [1.807, 2.05) is 16.9 Å². The van der Waals surface area contributed by atoms with Crippen LogP contribution in [0.1, 0.15) is 50.2 Å². The van der Waals surface area contributed by atoms with E-state index in [0.29, 0.717) is 0 Å². The van der Waals surface area contributed by atoms with E-state index in [4.69, 9.17) is 14.8 Å². The first-order valence-corrected chi connectivity index (χ1v) is 15.6. The summed E-state index contributed by atoms with van der Waals surface area (Å²) in [4.78, 5) is 4.78. The lowest BCUT2D eigenvalue weighted by Gasteiger charge is -2.22. The maximum atomic E-state index is 6.70. The van der Waals surface area contributed by atoms with Crippen molar-refractivity contribution in [1.82, 2.24) is 19.3 Å². The maximum absolute atomic E-state index is 6.70. The molecule has 3 aromatic heterocycles. The van der Waals surface area contributed by atoms with Crippen molar-refractivity contribution in [2.75, 3.05) is 0 Å². The van der Waals surface area contributed by atoms with Crippen molar-refractivity contribution in [3.8, 4) is 34.1 Å². The van der Waals surface area contributed by atoms with Gasteiger partial charge in [-0.1, -0.05) is 76.2 Å². The van der Waals surface area contributed by atoms with Crippen molar-refractivity contribution in [2.45, 2.75) is 53.4 Å². The molecule has 0 N–H and O–H groups in total. The Balaban J connectivity index is 1.35. The summed E-state index contributed by atoms with van der Waals surface area (Å²) in [6.45, 7) is 13.1. The number of para-hydroxylation sites is 1. The molecule has 0 saturated heterocycles. The number of benzene rings is 4. The third-order valence-electron chi connectivity index (χ3n) is 8.68. The van der Waals surface area contributed by atoms with Crippen LogP contribution in [0.3, 0.4) is 0 Å². The van der Waals surface area contributed by atoms with Crippen LogP contribution in [0, 0.1) is 13.8 Å². The molecule has 0 amide bonds. The highest BCUT2D eigenvalue weighted by Gasteiger charge is 2.21. The van der Waals surface area contributed by atoms with Crippen LogP contribution >= 0.6 is 0 Å². The van der Waals surface area contributed by atoms with Gasteiger partial charge in [-0.2, -0.15) is 5.10 Å². The predicted molar refractivity (Wildman–Crippen MR) is 185 cm³/mol. The van der Waals surface area contributed by atoms with Gasteiger partial charge < -0.3 is 4.74 Å². The normalized spacial score (nSPS) is 11.9. The molecule has 4 aromatic carbocycles. The fourth-order valence-electron chi connectivity index (χ4n) is 6.31. The molecule has 0 bridgehead atoms. The number of aryl methyl sites for hydroxylation is 2. The average Bonchev–Trinajstić information content (AvgIpc) is 3.53. The zero-order chi connectivity index (χ0) is 31.3. The van der Waals surface area contributed by atoms with Gasteiger partial charge in [-0.05, 0) is 84.8 Å². The molecule has 0 aliphatic rings. The molecule has 0 aliphatic carbocycles. The zero-order valence-corrected chi connectivity index (χ0v) is 26.8. The smallest absolute Gasteiger partial charge is 0.137 e. The van der Waals surface area contributed by atoms with Crippen LogP contribution in [-0.2, 0) is 11.8 Å². The van der Waals surface area contributed by atoms with Gasteiger partial charge in [-0.25, -0.2) is 9.67 Å². The van der Waals surface area contributed by atoms with E-state index < -0.39 is 0 Å². The Hall–Kier alpha value is -5.16. The van der Waals surface area contributed by atoms with Gasteiger partial charge in [0, 0.05) is 40.4 Å². The van der Waals surface area contributed by atoms with Crippen molar-refractivity contribution in [3.05, 3.63) is 132 Å².